The molecule has 0 amide bonds. The molecule has 1 unspecified atom stereocenters. The molecule has 13 heavy (non-hydrogen) atoms. The predicted molar refractivity (Wildman–Crippen MR) is 49.4 cm³/mol. The van der Waals surface area contributed by atoms with Gasteiger partial charge in [0.1, 0.15) is 0 Å². The van der Waals surface area contributed by atoms with Gasteiger partial charge in [-0.2, -0.15) is 4.80 Å². The Balaban J connectivity index is 2.16. The van der Waals surface area contributed by atoms with E-state index in [1.807, 2.05) is 0 Å². The lowest BCUT2D eigenvalue weighted by Gasteiger charge is -1.98. The van der Waals surface area contributed by atoms with Gasteiger partial charge in [-0.3, -0.25) is 4.21 Å². The van der Waals surface area contributed by atoms with Crippen LogP contribution in [0.4, 0.5) is 0 Å². The number of hydrogen-bond acceptors (Lipinski definition) is 5. The molecule has 0 aromatic carbocycles. The highest BCUT2D eigenvalue weighted by molar-refractivity contribution is 7.84. The van der Waals surface area contributed by atoms with E-state index in [1.54, 1.807) is 13.3 Å². The van der Waals surface area contributed by atoms with E-state index in [0.717, 1.165) is 0 Å². The van der Waals surface area contributed by atoms with Crippen molar-refractivity contribution >= 4 is 10.8 Å². The van der Waals surface area contributed by atoms with E-state index in [2.05, 4.69) is 20.7 Å². The summed E-state index contributed by atoms with van der Waals surface area (Å²) in [6.07, 6.45) is 1.68. The van der Waals surface area contributed by atoms with Crippen molar-refractivity contribution in [3.63, 3.8) is 0 Å². The van der Waals surface area contributed by atoms with Gasteiger partial charge in [0.15, 0.2) is 5.82 Å². The summed E-state index contributed by atoms with van der Waals surface area (Å²) in [7, 11) is 0.977. The first-order chi connectivity index (χ1) is 6.18. The average molecular weight is 203 g/mol. The Hall–Kier alpha value is -0.820. The molecule has 0 aliphatic rings. The molecule has 0 spiro atoms. The van der Waals surface area contributed by atoms with Gasteiger partial charge in [-0.15, -0.1) is 10.2 Å². The van der Waals surface area contributed by atoms with Crippen molar-refractivity contribution in [1.82, 2.24) is 25.5 Å². The lowest BCUT2D eigenvalue weighted by molar-refractivity contribution is 0.622. The zero-order valence-electron chi connectivity index (χ0n) is 7.73. The number of nitrogens with one attached hydrogen (secondary N) is 1. The second-order valence-corrected chi connectivity index (χ2v) is 4.20. The van der Waals surface area contributed by atoms with E-state index < -0.39 is 10.8 Å². The smallest absolute Gasteiger partial charge is 0.188 e. The number of tetrazole rings is 1. The molecule has 0 aliphatic carbocycles. The molecule has 1 rings (SSSR count). The fraction of sp³-hybridized carbons (Fsp3) is 0.833. The van der Waals surface area contributed by atoms with E-state index in [0.29, 0.717) is 24.7 Å². The Morgan fingerprint density at radius 3 is 2.92 bits per heavy atom. The van der Waals surface area contributed by atoms with Crippen LogP contribution in [0.15, 0.2) is 0 Å². The van der Waals surface area contributed by atoms with Crippen LogP contribution in [0.1, 0.15) is 5.82 Å². The highest BCUT2D eigenvalue weighted by atomic mass is 32.2. The summed E-state index contributed by atoms with van der Waals surface area (Å²) in [5, 5.41) is 14.5. The number of nitrogens with zero attached hydrogens (tertiary/aromatic N) is 4. The van der Waals surface area contributed by atoms with Crippen LogP contribution in [-0.4, -0.2) is 43.0 Å². The van der Waals surface area contributed by atoms with Gasteiger partial charge < -0.3 is 5.32 Å². The predicted octanol–water partition coefficient (Wildman–Crippen LogP) is -1.32. The van der Waals surface area contributed by atoms with Gasteiger partial charge >= 0.3 is 0 Å². The Morgan fingerprint density at radius 2 is 2.38 bits per heavy atom. The summed E-state index contributed by atoms with van der Waals surface area (Å²) < 4.78 is 10.7. The third kappa shape index (κ3) is 4.09. The van der Waals surface area contributed by atoms with E-state index in [4.69, 9.17) is 0 Å². The minimum atomic E-state index is -0.742. The summed E-state index contributed by atoms with van der Waals surface area (Å²) >= 11 is 0. The summed E-state index contributed by atoms with van der Waals surface area (Å²) in [5.41, 5.74) is 0. The van der Waals surface area contributed by atoms with Gasteiger partial charge in [-0.05, 0) is 5.21 Å². The van der Waals surface area contributed by atoms with Crippen molar-refractivity contribution in [3.05, 3.63) is 5.82 Å². The topological polar surface area (TPSA) is 72.7 Å². The molecule has 74 valence electrons. The van der Waals surface area contributed by atoms with Crippen LogP contribution in [0.3, 0.4) is 0 Å². The van der Waals surface area contributed by atoms with Gasteiger partial charge in [0, 0.05) is 29.4 Å². The van der Waals surface area contributed by atoms with Crippen molar-refractivity contribution in [2.45, 2.75) is 6.54 Å². The Labute approximate surface area is 79.2 Å². The van der Waals surface area contributed by atoms with Crippen LogP contribution in [0.25, 0.3) is 0 Å². The Kier molecular flexibility index (Phi) is 3.97. The van der Waals surface area contributed by atoms with E-state index in [-0.39, 0.29) is 0 Å². The Bertz CT molecular complexity index is 286. The summed E-state index contributed by atoms with van der Waals surface area (Å²) in [6, 6.07) is 0. The maximum atomic E-state index is 10.7. The highest BCUT2D eigenvalue weighted by Gasteiger charge is 1.98. The molecular weight excluding hydrogens is 190 g/mol. The molecule has 0 saturated carbocycles. The third-order valence-electron chi connectivity index (χ3n) is 1.40. The molecule has 0 radical (unpaired) electrons. The van der Waals surface area contributed by atoms with Crippen LogP contribution < -0.4 is 5.32 Å². The van der Waals surface area contributed by atoms with Crippen molar-refractivity contribution in [2.75, 3.05) is 18.6 Å². The largest absolute Gasteiger partial charge is 0.309 e. The maximum absolute atomic E-state index is 10.7. The first-order valence-corrected chi connectivity index (χ1v) is 5.65. The van der Waals surface area contributed by atoms with Crippen LogP contribution in [0, 0.1) is 0 Å². The number of rotatable bonds is 5. The number of hydrogen-bond donors (Lipinski definition) is 1. The minimum Gasteiger partial charge on any atom is -0.309 e. The molecule has 1 atom stereocenters. The quantitative estimate of drug-likeness (QED) is 0.601. The first-order valence-electron chi connectivity index (χ1n) is 3.92. The fourth-order valence-corrected chi connectivity index (χ4v) is 1.24. The lowest BCUT2D eigenvalue weighted by Crippen LogP contribution is -2.20. The standard InChI is InChI=1S/C6H13N5OS/c1-11-9-6(8-10-11)5-7-3-4-13(2)12/h7H,3-5H2,1-2H3. The van der Waals surface area contributed by atoms with Crippen molar-refractivity contribution in [2.24, 2.45) is 7.05 Å². The first kappa shape index (κ1) is 10.3. The SMILES string of the molecule is Cn1nnc(CNCCS(C)=O)n1. The van der Waals surface area contributed by atoms with Crippen molar-refractivity contribution in [3.8, 4) is 0 Å². The van der Waals surface area contributed by atoms with Crippen LogP contribution in [0.2, 0.25) is 0 Å². The monoisotopic (exact) mass is 203 g/mol. The third-order valence-corrected chi connectivity index (χ3v) is 2.18. The molecule has 6 nitrogen and oxygen atoms in total. The van der Waals surface area contributed by atoms with Gasteiger partial charge in [-0.1, -0.05) is 0 Å². The van der Waals surface area contributed by atoms with E-state index in [1.165, 1.54) is 4.80 Å². The molecule has 1 aromatic heterocycles. The van der Waals surface area contributed by atoms with Crippen LogP contribution in [0.5, 0.6) is 0 Å². The highest BCUT2D eigenvalue weighted by Crippen LogP contribution is 1.83. The van der Waals surface area contributed by atoms with Gasteiger partial charge in [-0.25, -0.2) is 0 Å². The van der Waals surface area contributed by atoms with Crippen LogP contribution in [-0.2, 0) is 24.4 Å². The number of aryl methyl sites for hydroxylation is 1. The second-order valence-electron chi connectivity index (χ2n) is 2.65. The van der Waals surface area contributed by atoms with Crippen LogP contribution >= 0.6 is 0 Å². The average Bonchev–Trinajstić information content (AvgIpc) is 2.45. The molecule has 0 saturated heterocycles. The summed E-state index contributed by atoms with van der Waals surface area (Å²) in [6.45, 7) is 1.28. The Morgan fingerprint density at radius 1 is 1.62 bits per heavy atom. The lowest BCUT2D eigenvalue weighted by atomic mass is 10.6. The van der Waals surface area contributed by atoms with Gasteiger partial charge in [0.2, 0.25) is 0 Å². The zero-order chi connectivity index (χ0) is 9.68. The molecule has 0 fully saturated rings. The molecule has 0 bridgehead atoms. The molecule has 1 aromatic rings. The van der Waals surface area contributed by atoms with Crippen molar-refractivity contribution < 1.29 is 4.21 Å². The molecule has 1 N–H and O–H groups in total. The second kappa shape index (κ2) is 5.03. The molecule has 0 aliphatic heterocycles. The zero-order valence-corrected chi connectivity index (χ0v) is 8.54. The van der Waals surface area contributed by atoms with Gasteiger partial charge in [0.25, 0.3) is 0 Å². The van der Waals surface area contributed by atoms with Gasteiger partial charge in [0.05, 0.1) is 13.6 Å². The summed E-state index contributed by atoms with van der Waals surface area (Å²) in [4.78, 5) is 1.41. The number of aromatic nitrogens is 4. The van der Waals surface area contributed by atoms with E-state index >= 15 is 0 Å². The maximum Gasteiger partial charge on any atom is 0.188 e. The summed E-state index contributed by atoms with van der Waals surface area (Å²) in [5.74, 6) is 1.31. The van der Waals surface area contributed by atoms with E-state index in [9.17, 15) is 4.21 Å². The fourth-order valence-electron chi connectivity index (χ4n) is 0.810. The van der Waals surface area contributed by atoms with Crippen molar-refractivity contribution in [1.29, 1.82) is 0 Å². The molecular formula is C6H13N5OS. The normalized spacial score (nSPS) is 13.1. The molecule has 1 heterocycles. The molecule has 7 heteroatoms. The minimum absolute atomic E-state index is 0.574.